The molecular formula is C12H13N5O2. The van der Waals surface area contributed by atoms with Crippen LogP contribution < -0.4 is 0 Å². The Bertz CT molecular complexity index is 628. The SMILES string of the molecule is O=C(c1nnc(C2CC2)o1)N1CCc2nc[nH]c2C1. The van der Waals surface area contributed by atoms with Crippen LogP contribution >= 0.6 is 0 Å². The van der Waals surface area contributed by atoms with Gasteiger partial charge in [-0.2, -0.15) is 0 Å². The third-order valence-corrected chi connectivity index (χ3v) is 3.61. The van der Waals surface area contributed by atoms with E-state index in [1.807, 2.05) is 0 Å². The van der Waals surface area contributed by atoms with Crippen molar-refractivity contribution in [2.24, 2.45) is 0 Å². The fraction of sp³-hybridized carbons (Fsp3) is 0.500. The first-order valence-electron chi connectivity index (χ1n) is 6.45. The highest BCUT2D eigenvalue weighted by Crippen LogP contribution is 2.39. The van der Waals surface area contributed by atoms with Crippen LogP contribution in [-0.4, -0.2) is 37.5 Å². The van der Waals surface area contributed by atoms with Gasteiger partial charge in [0.15, 0.2) is 0 Å². The van der Waals surface area contributed by atoms with Crippen molar-refractivity contribution in [1.29, 1.82) is 0 Å². The molecule has 0 bridgehead atoms. The summed E-state index contributed by atoms with van der Waals surface area (Å²) in [6, 6.07) is 0. The lowest BCUT2D eigenvalue weighted by Crippen LogP contribution is -2.36. The largest absolute Gasteiger partial charge is 0.417 e. The number of carbonyl (C=O) groups is 1. The number of rotatable bonds is 2. The molecule has 0 spiro atoms. The molecule has 2 aromatic heterocycles. The topological polar surface area (TPSA) is 87.9 Å². The number of hydrogen-bond acceptors (Lipinski definition) is 5. The third kappa shape index (κ3) is 1.81. The van der Waals surface area contributed by atoms with Crippen molar-refractivity contribution in [3.05, 3.63) is 29.5 Å². The minimum atomic E-state index is -0.195. The van der Waals surface area contributed by atoms with E-state index in [1.54, 1.807) is 11.2 Å². The second kappa shape index (κ2) is 3.91. The molecular weight excluding hydrogens is 246 g/mol. The zero-order chi connectivity index (χ0) is 12.8. The maximum atomic E-state index is 12.3. The molecule has 1 fully saturated rings. The average Bonchev–Trinajstić information content (AvgIpc) is 3.00. The molecule has 0 saturated heterocycles. The zero-order valence-electron chi connectivity index (χ0n) is 10.3. The molecule has 1 amide bonds. The predicted octanol–water partition coefficient (Wildman–Crippen LogP) is 0.869. The summed E-state index contributed by atoms with van der Waals surface area (Å²) in [4.78, 5) is 21.3. The number of amides is 1. The van der Waals surface area contributed by atoms with Crippen LogP contribution in [0.1, 0.15) is 46.7 Å². The van der Waals surface area contributed by atoms with Gasteiger partial charge in [-0.15, -0.1) is 10.2 Å². The quantitative estimate of drug-likeness (QED) is 0.864. The molecule has 0 unspecified atom stereocenters. The fourth-order valence-corrected chi connectivity index (χ4v) is 2.34. The van der Waals surface area contributed by atoms with E-state index in [0.29, 0.717) is 24.9 Å². The van der Waals surface area contributed by atoms with Gasteiger partial charge in [0.2, 0.25) is 5.89 Å². The molecule has 1 aliphatic heterocycles. The number of hydrogen-bond donors (Lipinski definition) is 1. The summed E-state index contributed by atoms with van der Waals surface area (Å²) < 4.78 is 5.45. The number of imidazole rings is 1. The minimum Gasteiger partial charge on any atom is -0.417 e. The Morgan fingerprint density at radius 2 is 2.32 bits per heavy atom. The minimum absolute atomic E-state index is 0.102. The highest BCUT2D eigenvalue weighted by molar-refractivity contribution is 5.89. The number of H-pyrrole nitrogens is 1. The van der Waals surface area contributed by atoms with Crippen LogP contribution in [0.25, 0.3) is 0 Å². The molecule has 1 aliphatic carbocycles. The van der Waals surface area contributed by atoms with E-state index in [1.165, 1.54) is 0 Å². The number of carbonyl (C=O) groups excluding carboxylic acids is 1. The molecule has 1 N–H and O–H groups in total. The molecule has 7 nitrogen and oxygen atoms in total. The van der Waals surface area contributed by atoms with Gasteiger partial charge >= 0.3 is 11.8 Å². The Labute approximate surface area is 109 Å². The van der Waals surface area contributed by atoms with Gasteiger partial charge in [-0.25, -0.2) is 4.98 Å². The van der Waals surface area contributed by atoms with Crippen LogP contribution in [0.5, 0.6) is 0 Å². The van der Waals surface area contributed by atoms with Crippen molar-refractivity contribution >= 4 is 5.91 Å². The lowest BCUT2D eigenvalue weighted by molar-refractivity contribution is 0.0689. The standard InChI is InChI=1S/C12H13N5O2/c18-12(11-16-15-10(19-11)7-1-2-7)17-4-3-8-9(5-17)14-6-13-8/h6-7H,1-5H2,(H,13,14). The molecule has 19 heavy (non-hydrogen) atoms. The maximum Gasteiger partial charge on any atom is 0.311 e. The Morgan fingerprint density at radius 1 is 1.42 bits per heavy atom. The van der Waals surface area contributed by atoms with E-state index < -0.39 is 0 Å². The number of nitrogens with zero attached hydrogens (tertiary/aromatic N) is 4. The van der Waals surface area contributed by atoms with Gasteiger partial charge in [-0.3, -0.25) is 4.79 Å². The Balaban J connectivity index is 1.54. The molecule has 2 aliphatic rings. The van der Waals surface area contributed by atoms with Gasteiger partial charge in [0.1, 0.15) is 0 Å². The van der Waals surface area contributed by atoms with Gasteiger partial charge in [-0.05, 0) is 12.8 Å². The van der Waals surface area contributed by atoms with Crippen LogP contribution in [0, 0.1) is 0 Å². The van der Waals surface area contributed by atoms with Crippen LogP contribution in [0.15, 0.2) is 10.7 Å². The van der Waals surface area contributed by atoms with Gasteiger partial charge in [0.25, 0.3) is 0 Å². The number of fused-ring (bicyclic) bond motifs is 1. The first-order chi connectivity index (χ1) is 9.31. The van der Waals surface area contributed by atoms with Gasteiger partial charge < -0.3 is 14.3 Å². The molecule has 0 aromatic carbocycles. The second-order valence-corrected chi connectivity index (χ2v) is 5.02. The van der Waals surface area contributed by atoms with E-state index in [2.05, 4.69) is 20.2 Å². The third-order valence-electron chi connectivity index (χ3n) is 3.61. The predicted molar refractivity (Wildman–Crippen MR) is 63.3 cm³/mol. The van der Waals surface area contributed by atoms with Crippen molar-refractivity contribution in [2.75, 3.05) is 6.54 Å². The summed E-state index contributed by atoms with van der Waals surface area (Å²) in [5, 5.41) is 7.81. The zero-order valence-corrected chi connectivity index (χ0v) is 10.3. The molecule has 4 rings (SSSR count). The maximum absolute atomic E-state index is 12.3. The normalized spacial score (nSPS) is 18.4. The van der Waals surface area contributed by atoms with E-state index >= 15 is 0 Å². The van der Waals surface area contributed by atoms with Crippen molar-refractivity contribution in [2.45, 2.75) is 31.7 Å². The molecule has 98 valence electrons. The molecule has 7 heteroatoms. The average molecular weight is 259 g/mol. The van der Waals surface area contributed by atoms with Gasteiger partial charge in [0, 0.05) is 18.9 Å². The number of aromatic amines is 1. The van der Waals surface area contributed by atoms with Crippen molar-refractivity contribution in [3.8, 4) is 0 Å². The Hall–Kier alpha value is -2.18. The van der Waals surface area contributed by atoms with E-state index in [9.17, 15) is 4.79 Å². The van der Waals surface area contributed by atoms with Crippen LogP contribution in [0.3, 0.4) is 0 Å². The molecule has 3 heterocycles. The lowest BCUT2D eigenvalue weighted by Gasteiger charge is -2.24. The van der Waals surface area contributed by atoms with Crippen LogP contribution in [-0.2, 0) is 13.0 Å². The number of aromatic nitrogens is 4. The summed E-state index contributed by atoms with van der Waals surface area (Å²) in [5.74, 6) is 0.877. The van der Waals surface area contributed by atoms with Gasteiger partial charge in [-0.1, -0.05) is 0 Å². The molecule has 1 saturated carbocycles. The van der Waals surface area contributed by atoms with Crippen LogP contribution in [0.2, 0.25) is 0 Å². The van der Waals surface area contributed by atoms with E-state index in [0.717, 1.165) is 30.7 Å². The highest BCUT2D eigenvalue weighted by Gasteiger charge is 2.32. The summed E-state index contributed by atoms with van der Waals surface area (Å²) in [6.07, 6.45) is 4.58. The van der Waals surface area contributed by atoms with E-state index in [4.69, 9.17) is 4.42 Å². The van der Waals surface area contributed by atoms with Crippen molar-refractivity contribution in [1.82, 2.24) is 25.1 Å². The Morgan fingerprint density at radius 3 is 3.16 bits per heavy atom. The summed E-state index contributed by atoms with van der Waals surface area (Å²) in [7, 11) is 0. The lowest BCUT2D eigenvalue weighted by atomic mass is 10.1. The van der Waals surface area contributed by atoms with Crippen molar-refractivity contribution < 1.29 is 9.21 Å². The summed E-state index contributed by atoms with van der Waals surface area (Å²) in [5.41, 5.74) is 2.02. The molecule has 0 atom stereocenters. The molecule has 0 radical (unpaired) electrons. The monoisotopic (exact) mass is 259 g/mol. The van der Waals surface area contributed by atoms with Crippen LogP contribution in [0.4, 0.5) is 0 Å². The second-order valence-electron chi connectivity index (χ2n) is 5.02. The first-order valence-corrected chi connectivity index (χ1v) is 6.45. The number of nitrogens with one attached hydrogen (secondary N) is 1. The Kier molecular flexibility index (Phi) is 2.20. The van der Waals surface area contributed by atoms with Crippen molar-refractivity contribution in [3.63, 3.8) is 0 Å². The first kappa shape index (κ1) is 10.7. The fourth-order valence-electron chi connectivity index (χ4n) is 2.34. The molecule has 2 aromatic rings. The van der Waals surface area contributed by atoms with E-state index in [-0.39, 0.29) is 11.8 Å². The summed E-state index contributed by atoms with van der Waals surface area (Å²) >= 11 is 0. The van der Waals surface area contributed by atoms with Gasteiger partial charge in [0.05, 0.1) is 24.3 Å². The highest BCUT2D eigenvalue weighted by atomic mass is 16.4. The summed E-state index contributed by atoms with van der Waals surface area (Å²) in [6.45, 7) is 1.16. The smallest absolute Gasteiger partial charge is 0.311 e.